The summed E-state index contributed by atoms with van der Waals surface area (Å²) in [5.41, 5.74) is 9.14. The molecule has 0 radical (unpaired) electrons. The molecule has 0 spiro atoms. The highest BCUT2D eigenvalue weighted by Gasteiger charge is 2.41. The van der Waals surface area contributed by atoms with Crippen LogP contribution in [0.25, 0.3) is 16.9 Å². The first-order chi connectivity index (χ1) is 14.7. The number of carbonyl (C=O) groups is 2. The van der Waals surface area contributed by atoms with Gasteiger partial charge in [-0.1, -0.05) is 61.8 Å². The zero-order valence-corrected chi connectivity index (χ0v) is 18.1. The summed E-state index contributed by atoms with van der Waals surface area (Å²) in [6.07, 6.45) is 0.940. The van der Waals surface area contributed by atoms with E-state index in [2.05, 4.69) is 0 Å². The van der Waals surface area contributed by atoms with Gasteiger partial charge in [0.25, 0.3) is 0 Å². The Morgan fingerprint density at radius 2 is 1.87 bits per heavy atom. The third-order valence-electron chi connectivity index (χ3n) is 5.69. The van der Waals surface area contributed by atoms with E-state index in [0.29, 0.717) is 34.7 Å². The molecule has 156 valence electrons. The third kappa shape index (κ3) is 3.64. The number of nitriles is 1. The number of hydrogen-bond donors (Lipinski definition) is 1. The Hall–Kier alpha value is -3.36. The Balaban J connectivity index is 2.19. The topological polar surface area (TPSA) is 88.9 Å². The molecule has 0 bridgehead atoms. The summed E-state index contributed by atoms with van der Waals surface area (Å²) in [5, 5.41) is 10.4. The van der Waals surface area contributed by atoms with Crippen molar-refractivity contribution < 1.29 is 9.59 Å². The van der Waals surface area contributed by atoms with Gasteiger partial charge in [-0.2, -0.15) is 5.26 Å². The molecule has 1 aliphatic carbocycles. The number of halogens is 1. The Labute approximate surface area is 186 Å². The van der Waals surface area contributed by atoms with Crippen LogP contribution in [0.5, 0.6) is 0 Å². The molecule has 0 saturated heterocycles. The fourth-order valence-electron chi connectivity index (χ4n) is 4.49. The summed E-state index contributed by atoms with van der Waals surface area (Å²) in [6.45, 7) is 4.09. The second-order valence-corrected chi connectivity index (χ2v) is 9.11. The number of nitrogens with two attached hydrogens (primary N) is 1. The van der Waals surface area contributed by atoms with Crippen molar-refractivity contribution >= 4 is 23.3 Å². The molecule has 2 aromatic carbocycles. The van der Waals surface area contributed by atoms with Gasteiger partial charge in [-0.3, -0.25) is 9.59 Å². The second-order valence-electron chi connectivity index (χ2n) is 8.67. The molecule has 1 amide bonds. The molecule has 4 rings (SSSR count). The normalized spacial score (nSPS) is 15.7. The van der Waals surface area contributed by atoms with Crippen LogP contribution in [-0.4, -0.2) is 16.3 Å². The van der Waals surface area contributed by atoms with E-state index in [-0.39, 0.29) is 11.2 Å². The standard InChI is InChI=1S/C25H22ClN3O2/c1-25(2)12-19-22(20(30)13-25)21(18(14-27)24(28)31)23(15-7-4-3-5-8-15)29(19)17-10-6-9-16(26)11-17/h3-11,18H,12-13H2,1-2H3,(H2,28,31). The molecule has 1 unspecified atom stereocenters. The van der Waals surface area contributed by atoms with Gasteiger partial charge < -0.3 is 10.3 Å². The zero-order chi connectivity index (χ0) is 22.3. The Morgan fingerprint density at radius 3 is 2.48 bits per heavy atom. The molecule has 1 aliphatic rings. The summed E-state index contributed by atoms with van der Waals surface area (Å²) in [5.74, 6) is -2.10. The highest BCUT2D eigenvalue weighted by molar-refractivity contribution is 6.30. The Kier molecular flexibility index (Phi) is 5.20. The first-order valence-electron chi connectivity index (χ1n) is 10.0. The maximum Gasteiger partial charge on any atom is 0.239 e. The Morgan fingerprint density at radius 1 is 1.16 bits per heavy atom. The molecule has 0 aliphatic heterocycles. The van der Waals surface area contributed by atoms with E-state index in [0.717, 1.165) is 16.9 Å². The lowest BCUT2D eigenvalue weighted by molar-refractivity contribution is -0.118. The quantitative estimate of drug-likeness (QED) is 0.627. The molecule has 0 fully saturated rings. The van der Waals surface area contributed by atoms with Crippen molar-refractivity contribution in [1.82, 2.24) is 4.57 Å². The number of primary amides is 1. The van der Waals surface area contributed by atoms with Gasteiger partial charge in [0.2, 0.25) is 5.91 Å². The van der Waals surface area contributed by atoms with Crippen LogP contribution in [0.1, 0.15) is 47.8 Å². The number of hydrogen-bond acceptors (Lipinski definition) is 3. The van der Waals surface area contributed by atoms with Gasteiger partial charge in [-0.15, -0.1) is 0 Å². The van der Waals surface area contributed by atoms with Crippen LogP contribution in [0.3, 0.4) is 0 Å². The number of aromatic nitrogens is 1. The maximum atomic E-state index is 13.4. The van der Waals surface area contributed by atoms with Gasteiger partial charge >= 0.3 is 0 Å². The van der Waals surface area contributed by atoms with E-state index >= 15 is 0 Å². The number of Topliss-reactive ketones (excluding diaryl/α,β-unsaturated/α-hetero) is 1. The van der Waals surface area contributed by atoms with Gasteiger partial charge in [-0.25, -0.2) is 0 Å². The summed E-state index contributed by atoms with van der Waals surface area (Å²) in [7, 11) is 0. The van der Waals surface area contributed by atoms with Gasteiger partial charge in [0.1, 0.15) is 0 Å². The van der Waals surface area contributed by atoms with Crippen molar-refractivity contribution in [3.05, 3.63) is 76.4 Å². The van der Waals surface area contributed by atoms with Crippen LogP contribution in [0, 0.1) is 16.7 Å². The number of carbonyl (C=O) groups excluding carboxylic acids is 2. The molecule has 1 heterocycles. The zero-order valence-electron chi connectivity index (χ0n) is 17.4. The van der Waals surface area contributed by atoms with E-state index in [9.17, 15) is 14.9 Å². The third-order valence-corrected chi connectivity index (χ3v) is 5.92. The fraction of sp³-hybridized carbons (Fsp3) is 0.240. The van der Waals surface area contributed by atoms with Gasteiger partial charge in [0, 0.05) is 34.0 Å². The van der Waals surface area contributed by atoms with E-state index in [1.54, 1.807) is 6.07 Å². The van der Waals surface area contributed by atoms with Crippen molar-refractivity contribution in [2.24, 2.45) is 11.1 Å². The summed E-state index contributed by atoms with van der Waals surface area (Å²) in [6, 6.07) is 18.8. The molecule has 31 heavy (non-hydrogen) atoms. The molecule has 5 nitrogen and oxygen atoms in total. The highest BCUT2D eigenvalue weighted by atomic mass is 35.5. The number of rotatable bonds is 4. The van der Waals surface area contributed by atoms with Crippen molar-refractivity contribution in [1.29, 1.82) is 5.26 Å². The maximum absolute atomic E-state index is 13.4. The van der Waals surface area contributed by atoms with Crippen molar-refractivity contribution in [3.8, 4) is 23.0 Å². The monoisotopic (exact) mass is 431 g/mol. The molecule has 3 aromatic rings. The molecule has 2 N–H and O–H groups in total. The smallest absolute Gasteiger partial charge is 0.239 e. The lowest BCUT2D eigenvalue weighted by atomic mass is 9.74. The molecule has 1 atom stereocenters. The number of amides is 1. The Bertz CT molecular complexity index is 1240. The van der Waals surface area contributed by atoms with E-state index < -0.39 is 11.8 Å². The molecule has 1 aromatic heterocycles. The largest absolute Gasteiger partial charge is 0.368 e. The van der Waals surface area contributed by atoms with Gasteiger partial charge in [0.15, 0.2) is 11.7 Å². The molecular weight excluding hydrogens is 410 g/mol. The lowest BCUT2D eigenvalue weighted by Gasteiger charge is -2.30. The number of nitrogens with zero attached hydrogens (tertiary/aromatic N) is 2. The van der Waals surface area contributed by atoms with Crippen molar-refractivity contribution in [3.63, 3.8) is 0 Å². The minimum atomic E-state index is -1.24. The molecule has 0 saturated carbocycles. The molecular formula is C25H22ClN3O2. The van der Waals surface area contributed by atoms with Crippen LogP contribution in [0.15, 0.2) is 54.6 Å². The second kappa shape index (κ2) is 7.72. The number of benzene rings is 2. The van der Waals surface area contributed by atoms with Crippen LogP contribution >= 0.6 is 11.6 Å². The summed E-state index contributed by atoms with van der Waals surface area (Å²) < 4.78 is 1.97. The predicted molar refractivity (Wildman–Crippen MR) is 120 cm³/mol. The van der Waals surface area contributed by atoms with Crippen molar-refractivity contribution in [2.75, 3.05) is 0 Å². The average Bonchev–Trinajstić information content (AvgIpc) is 3.02. The van der Waals surface area contributed by atoms with Crippen LogP contribution in [0.2, 0.25) is 5.02 Å². The summed E-state index contributed by atoms with van der Waals surface area (Å²) >= 11 is 6.30. The minimum absolute atomic E-state index is 0.0827. The van der Waals surface area contributed by atoms with Gasteiger partial charge in [0.05, 0.1) is 11.8 Å². The van der Waals surface area contributed by atoms with Crippen molar-refractivity contribution in [2.45, 2.75) is 32.6 Å². The van der Waals surface area contributed by atoms with Crippen LogP contribution in [-0.2, 0) is 11.2 Å². The van der Waals surface area contributed by atoms with E-state index in [1.807, 2.05) is 73.0 Å². The van der Waals surface area contributed by atoms with E-state index in [4.69, 9.17) is 17.3 Å². The SMILES string of the molecule is CC1(C)CC(=O)c2c(C(C#N)C(N)=O)c(-c3ccccc3)n(-c3cccc(Cl)c3)c2C1. The first kappa shape index (κ1) is 20.9. The average molecular weight is 432 g/mol. The number of ketones is 1. The lowest BCUT2D eigenvalue weighted by Crippen LogP contribution is -2.29. The van der Waals surface area contributed by atoms with Crippen LogP contribution < -0.4 is 5.73 Å². The van der Waals surface area contributed by atoms with E-state index in [1.165, 1.54) is 0 Å². The number of fused-ring (bicyclic) bond motifs is 1. The summed E-state index contributed by atoms with van der Waals surface area (Å²) in [4.78, 5) is 25.7. The van der Waals surface area contributed by atoms with Gasteiger partial charge in [-0.05, 0) is 35.6 Å². The fourth-order valence-corrected chi connectivity index (χ4v) is 4.68. The first-order valence-corrected chi connectivity index (χ1v) is 10.4. The minimum Gasteiger partial charge on any atom is -0.368 e. The van der Waals surface area contributed by atoms with Crippen LogP contribution in [0.4, 0.5) is 0 Å². The highest BCUT2D eigenvalue weighted by Crippen LogP contribution is 2.45. The molecule has 6 heteroatoms. The predicted octanol–water partition coefficient (Wildman–Crippen LogP) is 5.05.